The van der Waals surface area contributed by atoms with Crippen LogP contribution in [0.2, 0.25) is 0 Å². The third-order valence-electron chi connectivity index (χ3n) is 2.66. The molecule has 1 unspecified atom stereocenters. The van der Waals surface area contributed by atoms with Crippen molar-refractivity contribution in [1.29, 1.82) is 0 Å². The number of nitrogens with two attached hydrogens (primary N) is 1. The van der Waals surface area contributed by atoms with Gasteiger partial charge in [-0.3, -0.25) is 14.4 Å². The van der Waals surface area contributed by atoms with Crippen molar-refractivity contribution in [3.63, 3.8) is 0 Å². The van der Waals surface area contributed by atoms with Crippen LogP contribution in [0.15, 0.2) is 0 Å². The molecule has 1 rings (SSSR count). The van der Waals surface area contributed by atoms with Crippen LogP contribution < -0.4 is 5.73 Å². The predicted molar refractivity (Wildman–Crippen MR) is 47.5 cm³/mol. The minimum absolute atomic E-state index is 0.198. The van der Waals surface area contributed by atoms with Crippen molar-refractivity contribution in [2.75, 3.05) is 0 Å². The standard InChI is InChI=1S/C9H13NO4/c1-4(9(13)14)8(10)7-5(11)2-3-6(7)12/h4,7-8H,2-3,10H2,1H3,(H,13,14)/t4?,8-/m0/s1. The number of carboxylic acids is 1. The molecule has 14 heavy (non-hydrogen) atoms. The minimum atomic E-state index is -1.08. The van der Waals surface area contributed by atoms with Crippen LogP contribution in [-0.4, -0.2) is 28.7 Å². The Hall–Kier alpha value is -1.23. The number of aliphatic carboxylic acids is 1. The minimum Gasteiger partial charge on any atom is -0.481 e. The zero-order valence-corrected chi connectivity index (χ0v) is 7.90. The highest BCUT2D eigenvalue weighted by Crippen LogP contribution is 2.23. The Morgan fingerprint density at radius 2 is 1.86 bits per heavy atom. The van der Waals surface area contributed by atoms with E-state index >= 15 is 0 Å². The number of rotatable bonds is 3. The van der Waals surface area contributed by atoms with Crippen LogP contribution in [0.1, 0.15) is 19.8 Å². The molecule has 0 heterocycles. The van der Waals surface area contributed by atoms with Gasteiger partial charge in [0.25, 0.3) is 0 Å². The second-order valence-corrected chi connectivity index (χ2v) is 3.61. The molecule has 5 heteroatoms. The topological polar surface area (TPSA) is 97.5 Å². The molecule has 0 aromatic carbocycles. The molecular formula is C9H13NO4. The molecule has 0 spiro atoms. The molecule has 78 valence electrons. The van der Waals surface area contributed by atoms with E-state index in [1.54, 1.807) is 0 Å². The predicted octanol–water partition coefficient (Wildman–Crippen LogP) is -0.417. The van der Waals surface area contributed by atoms with E-state index in [0.29, 0.717) is 0 Å². The fraction of sp³-hybridized carbons (Fsp3) is 0.667. The van der Waals surface area contributed by atoms with Gasteiger partial charge in [0.15, 0.2) is 0 Å². The van der Waals surface area contributed by atoms with Gasteiger partial charge in [0.1, 0.15) is 11.6 Å². The molecule has 0 aromatic heterocycles. The highest BCUT2D eigenvalue weighted by molar-refractivity contribution is 6.09. The molecule has 1 aliphatic carbocycles. The molecule has 0 radical (unpaired) electrons. The number of hydrogen-bond donors (Lipinski definition) is 2. The smallest absolute Gasteiger partial charge is 0.307 e. The van der Waals surface area contributed by atoms with Gasteiger partial charge < -0.3 is 10.8 Å². The Kier molecular flexibility index (Phi) is 3.00. The molecule has 3 N–H and O–H groups in total. The maximum absolute atomic E-state index is 11.3. The Bertz CT molecular complexity index is 271. The lowest BCUT2D eigenvalue weighted by Crippen LogP contribution is -2.44. The van der Waals surface area contributed by atoms with Gasteiger partial charge in [-0.2, -0.15) is 0 Å². The van der Waals surface area contributed by atoms with Crippen LogP contribution in [0.4, 0.5) is 0 Å². The Morgan fingerprint density at radius 3 is 2.21 bits per heavy atom. The second kappa shape index (κ2) is 3.88. The third-order valence-corrected chi connectivity index (χ3v) is 2.66. The van der Waals surface area contributed by atoms with Crippen molar-refractivity contribution < 1.29 is 19.5 Å². The van der Waals surface area contributed by atoms with E-state index in [0.717, 1.165) is 0 Å². The molecule has 5 nitrogen and oxygen atoms in total. The molecule has 0 aliphatic heterocycles. The number of carbonyl (C=O) groups is 3. The van der Waals surface area contributed by atoms with E-state index in [1.807, 2.05) is 0 Å². The SMILES string of the molecule is CC(C(=O)O)[C@H](N)C1C(=O)CCC1=O. The molecule has 1 saturated carbocycles. The van der Waals surface area contributed by atoms with Crippen molar-refractivity contribution in [2.45, 2.75) is 25.8 Å². The van der Waals surface area contributed by atoms with E-state index < -0.39 is 23.8 Å². The van der Waals surface area contributed by atoms with E-state index in [2.05, 4.69) is 0 Å². The lowest BCUT2D eigenvalue weighted by Gasteiger charge is -2.20. The van der Waals surface area contributed by atoms with Crippen LogP contribution in [0.5, 0.6) is 0 Å². The maximum Gasteiger partial charge on any atom is 0.307 e. The Balaban J connectivity index is 2.77. The second-order valence-electron chi connectivity index (χ2n) is 3.61. The molecule has 1 aliphatic rings. The van der Waals surface area contributed by atoms with Crippen LogP contribution in [0.3, 0.4) is 0 Å². The van der Waals surface area contributed by atoms with Gasteiger partial charge in [-0.15, -0.1) is 0 Å². The van der Waals surface area contributed by atoms with E-state index in [-0.39, 0.29) is 24.4 Å². The molecular weight excluding hydrogens is 186 g/mol. The average Bonchev–Trinajstić information content (AvgIpc) is 2.44. The zero-order valence-electron chi connectivity index (χ0n) is 7.90. The molecule has 1 fully saturated rings. The summed E-state index contributed by atoms with van der Waals surface area (Å²) in [6.07, 6.45) is 0.396. The van der Waals surface area contributed by atoms with Crippen LogP contribution in [0.25, 0.3) is 0 Å². The number of ketones is 2. The van der Waals surface area contributed by atoms with E-state index in [4.69, 9.17) is 10.8 Å². The first kappa shape index (κ1) is 10.8. The average molecular weight is 199 g/mol. The molecule has 2 atom stereocenters. The first-order chi connectivity index (χ1) is 6.45. The zero-order chi connectivity index (χ0) is 10.9. The summed E-state index contributed by atoms with van der Waals surface area (Å²) in [6, 6.07) is -0.894. The first-order valence-electron chi connectivity index (χ1n) is 4.49. The summed E-state index contributed by atoms with van der Waals surface area (Å²) in [5.41, 5.74) is 5.58. The number of hydrogen-bond acceptors (Lipinski definition) is 4. The van der Waals surface area contributed by atoms with Crippen molar-refractivity contribution in [1.82, 2.24) is 0 Å². The quantitative estimate of drug-likeness (QED) is 0.602. The first-order valence-corrected chi connectivity index (χ1v) is 4.49. The summed E-state index contributed by atoms with van der Waals surface area (Å²) in [5.74, 6) is -3.30. The van der Waals surface area contributed by atoms with Gasteiger partial charge in [-0.1, -0.05) is 6.92 Å². The van der Waals surface area contributed by atoms with E-state index in [9.17, 15) is 14.4 Å². The lowest BCUT2D eigenvalue weighted by atomic mass is 9.88. The molecule has 0 saturated heterocycles. The Labute approximate surface area is 81.3 Å². The Morgan fingerprint density at radius 1 is 1.43 bits per heavy atom. The van der Waals surface area contributed by atoms with Crippen molar-refractivity contribution >= 4 is 17.5 Å². The summed E-state index contributed by atoms with van der Waals surface area (Å²) in [7, 11) is 0. The summed E-state index contributed by atoms with van der Waals surface area (Å²) in [4.78, 5) is 33.1. The van der Waals surface area contributed by atoms with Crippen molar-refractivity contribution in [2.24, 2.45) is 17.6 Å². The normalized spacial score (nSPS) is 22.4. The van der Waals surface area contributed by atoms with Gasteiger partial charge >= 0.3 is 5.97 Å². The van der Waals surface area contributed by atoms with Crippen LogP contribution in [0, 0.1) is 11.8 Å². The summed E-state index contributed by atoms with van der Waals surface area (Å²) in [5, 5.41) is 8.68. The highest BCUT2D eigenvalue weighted by atomic mass is 16.4. The summed E-state index contributed by atoms with van der Waals surface area (Å²) < 4.78 is 0. The monoisotopic (exact) mass is 199 g/mol. The molecule has 0 amide bonds. The maximum atomic E-state index is 11.3. The molecule has 0 bridgehead atoms. The van der Waals surface area contributed by atoms with Gasteiger partial charge in [-0.25, -0.2) is 0 Å². The van der Waals surface area contributed by atoms with E-state index in [1.165, 1.54) is 6.92 Å². The lowest BCUT2D eigenvalue weighted by molar-refractivity contribution is -0.142. The largest absolute Gasteiger partial charge is 0.481 e. The third kappa shape index (κ3) is 1.82. The van der Waals surface area contributed by atoms with Gasteiger partial charge in [0.05, 0.1) is 11.8 Å². The fourth-order valence-corrected chi connectivity index (χ4v) is 1.62. The summed E-state index contributed by atoms with van der Waals surface area (Å²) >= 11 is 0. The molecule has 0 aromatic rings. The number of carbonyl (C=O) groups excluding carboxylic acids is 2. The highest BCUT2D eigenvalue weighted by Gasteiger charge is 2.41. The number of Topliss-reactive ketones (excluding diaryl/α,β-unsaturated/α-hetero) is 2. The van der Waals surface area contributed by atoms with Crippen LogP contribution in [-0.2, 0) is 14.4 Å². The van der Waals surface area contributed by atoms with Gasteiger partial charge in [0.2, 0.25) is 0 Å². The van der Waals surface area contributed by atoms with Crippen molar-refractivity contribution in [3.05, 3.63) is 0 Å². The fourth-order valence-electron chi connectivity index (χ4n) is 1.62. The summed E-state index contributed by atoms with van der Waals surface area (Å²) in [6.45, 7) is 1.41. The van der Waals surface area contributed by atoms with Crippen LogP contribution >= 0.6 is 0 Å². The van der Waals surface area contributed by atoms with Gasteiger partial charge in [0, 0.05) is 18.9 Å². The van der Waals surface area contributed by atoms with Crippen molar-refractivity contribution in [3.8, 4) is 0 Å². The number of carboxylic acid groups (broad SMARTS) is 1. The van der Waals surface area contributed by atoms with Gasteiger partial charge in [-0.05, 0) is 0 Å².